The van der Waals surface area contributed by atoms with Crippen molar-refractivity contribution in [2.45, 2.75) is 25.4 Å². The summed E-state index contributed by atoms with van der Waals surface area (Å²) in [6.45, 7) is 0.775. The van der Waals surface area contributed by atoms with Gasteiger partial charge in [0, 0.05) is 23.9 Å². The third-order valence-corrected chi connectivity index (χ3v) is 3.13. The van der Waals surface area contributed by atoms with Crippen molar-refractivity contribution in [2.24, 2.45) is 0 Å². The van der Waals surface area contributed by atoms with Crippen LogP contribution < -0.4 is 10.1 Å². The van der Waals surface area contributed by atoms with E-state index in [1.807, 2.05) is 18.2 Å². The van der Waals surface area contributed by atoms with Gasteiger partial charge in [0.2, 0.25) is 5.88 Å². The van der Waals surface area contributed by atoms with Crippen LogP contribution in [0, 0.1) is 0 Å². The van der Waals surface area contributed by atoms with E-state index in [-0.39, 0.29) is 0 Å². The molecule has 2 heterocycles. The summed E-state index contributed by atoms with van der Waals surface area (Å²) in [4.78, 5) is 4.11. The Kier molecular flexibility index (Phi) is 3.02. The molecule has 18 heavy (non-hydrogen) atoms. The molecular weight excluding hydrogens is 228 g/mol. The molecule has 0 atom stereocenters. The summed E-state index contributed by atoms with van der Waals surface area (Å²) in [5.41, 5.74) is 2.17. The number of furan rings is 1. The first-order valence-electron chi connectivity index (χ1n) is 6.17. The van der Waals surface area contributed by atoms with Gasteiger partial charge in [-0.25, -0.2) is 4.98 Å². The van der Waals surface area contributed by atoms with Crippen LogP contribution in [0.4, 0.5) is 0 Å². The molecule has 2 aromatic heterocycles. The number of pyridine rings is 1. The van der Waals surface area contributed by atoms with E-state index in [4.69, 9.17) is 9.15 Å². The van der Waals surface area contributed by atoms with Gasteiger partial charge in [-0.1, -0.05) is 0 Å². The Morgan fingerprint density at radius 2 is 2.33 bits per heavy atom. The third kappa shape index (κ3) is 2.38. The monoisotopic (exact) mass is 244 g/mol. The minimum absolute atomic E-state index is 0.620. The molecule has 0 unspecified atom stereocenters. The molecule has 1 aliphatic rings. The maximum absolute atomic E-state index is 5.55. The molecule has 3 rings (SSSR count). The van der Waals surface area contributed by atoms with Crippen molar-refractivity contribution in [3.8, 4) is 17.0 Å². The first-order valence-corrected chi connectivity index (χ1v) is 6.17. The predicted octanol–water partition coefficient (Wildman–Crippen LogP) is 2.60. The number of hydrogen-bond acceptors (Lipinski definition) is 4. The second-order valence-corrected chi connectivity index (χ2v) is 4.50. The van der Waals surface area contributed by atoms with Gasteiger partial charge in [-0.05, 0) is 30.5 Å². The molecule has 1 N–H and O–H groups in total. The van der Waals surface area contributed by atoms with E-state index >= 15 is 0 Å². The Morgan fingerprint density at radius 3 is 3.11 bits per heavy atom. The number of nitrogens with one attached hydrogen (secondary N) is 1. The number of rotatable bonds is 5. The standard InChI is InChI=1S/C14H16N2O2/c1-17-14-8-10(4-6-15-14)12-5-7-18-13(12)9-16-11-2-3-11/h4-8,11,16H,2-3,9H2,1H3. The van der Waals surface area contributed by atoms with Crippen LogP contribution in [0.1, 0.15) is 18.6 Å². The van der Waals surface area contributed by atoms with Gasteiger partial charge >= 0.3 is 0 Å². The highest BCUT2D eigenvalue weighted by atomic mass is 16.5. The molecular formula is C14H16N2O2. The number of methoxy groups -OCH3 is 1. The molecule has 0 spiro atoms. The lowest BCUT2D eigenvalue weighted by molar-refractivity contribution is 0.398. The zero-order chi connectivity index (χ0) is 12.4. The molecule has 4 nitrogen and oxygen atoms in total. The maximum Gasteiger partial charge on any atom is 0.213 e. The van der Waals surface area contributed by atoms with E-state index in [0.29, 0.717) is 11.9 Å². The fourth-order valence-electron chi connectivity index (χ4n) is 1.95. The molecule has 94 valence electrons. The topological polar surface area (TPSA) is 47.3 Å². The van der Waals surface area contributed by atoms with Crippen molar-refractivity contribution >= 4 is 0 Å². The predicted molar refractivity (Wildman–Crippen MR) is 68.4 cm³/mol. The smallest absolute Gasteiger partial charge is 0.213 e. The molecule has 0 bridgehead atoms. The number of hydrogen-bond donors (Lipinski definition) is 1. The summed E-state index contributed by atoms with van der Waals surface area (Å²) >= 11 is 0. The quantitative estimate of drug-likeness (QED) is 0.878. The Balaban J connectivity index is 1.83. The van der Waals surface area contributed by atoms with Gasteiger partial charge in [0.15, 0.2) is 0 Å². The molecule has 1 fully saturated rings. The van der Waals surface area contributed by atoms with Gasteiger partial charge in [-0.3, -0.25) is 0 Å². The number of ether oxygens (including phenoxy) is 1. The minimum atomic E-state index is 0.620. The highest BCUT2D eigenvalue weighted by Gasteiger charge is 2.21. The molecule has 0 amide bonds. The lowest BCUT2D eigenvalue weighted by Gasteiger charge is -2.05. The van der Waals surface area contributed by atoms with Crippen LogP contribution in [0.5, 0.6) is 5.88 Å². The Morgan fingerprint density at radius 1 is 1.44 bits per heavy atom. The lowest BCUT2D eigenvalue weighted by atomic mass is 10.1. The number of aromatic nitrogens is 1. The second kappa shape index (κ2) is 4.82. The van der Waals surface area contributed by atoms with E-state index in [9.17, 15) is 0 Å². The van der Waals surface area contributed by atoms with Crippen LogP contribution in [0.2, 0.25) is 0 Å². The molecule has 2 aromatic rings. The van der Waals surface area contributed by atoms with Crippen molar-refractivity contribution < 1.29 is 9.15 Å². The fourth-order valence-corrected chi connectivity index (χ4v) is 1.95. The minimum Gasteiger partial charge on any atom is -0.481 e. The average molecular weight is 244 g/mol. The van der Waals surface area contributed by atoms with Crippen molar-refractivity contribution in [1.29, 1.82) is 0 Å². The van der Waals surface area contributed by atoms with Crippen LogP contribution in [0.15, 0.2) is 35.1 Å². The Hall–Kier alpha value is -1.81. The normalized spacial score (nSPS) is 14.7. The average Bonchev–Trinajstić information content (AvgIpc) is 3.13. The summed E-state index contributed by atoms with van der Waals surface area (Å²) in [6, 6.07) is 6.55. The summed E-state index contributed by atoms with van der Waals surface area (Å²) in [7, 11) is 1.62. The van der Waals surface area contributed by atoms with Gasteiger partial charge < -0.3 is 14.5 Å². The van der Waals surface area contributed by atoms with Crippen molar-refractivity contribution in [3.05, 3.63) is 36.4 Å². The summed E-state index contributed by atoms with van der Waals surface area (Å²) in [6.07, 6.45) is 6.03. The van der Waals surface area contributed by atoms with Gasteiger partial charge in [0.1, 0.15) is 5.76 Å². The molecule has 0 radical (unpaired) electrons. The van der Waals surface area contributed by atoms with E-state index in [1.165, 1.54) is 12.8 Å². The maximum atomic E-state index is 5.55. The lowest BCUT2D eigenvalue weighted by Crippen LogP contribution is -2.15. The van der Waals surface area contributed by atoms with Crippen molar-refractivity contribution in [2.75, 3.05) is 7.11 Å². The largest absolute Gasteiger partial charge is 0.481 e. The van der Waals surface area contributed by atoms with E-state index < -0.39 is 0 Å². The van der Waals surface area contributed by atoms with Gasteiger partial charge in [-0.2, -0.15) is 0 Å². The Bertz CT molecular complexity index is 532. The summed E-state index contributed by atoms with van der Waals surface area (Å²) in [5.74, 6) is 1.59. The zero-order valence-electron chi connectivity index (χ0n) is 10.3. The molecule has 1 aliphatic carbocycles. The van der Waals surface area contributed by atoms with Crippen LogP contribution in [-0.4, -0.2) is 18.1 Å². The SMILES string of the molecule is COc1cc(-c2ccoc2CNC2CC2)ccn1. The zero-order valence-corrected chi connectivity index (χ0v) is 10.3. The van der Waals surface area contributed by atoms with Gasteiger partial charge in [0.05, 0.1) is 19.9 Å². The molecule has 0 aromatic carbocycles. The number of nitrogens with zero attached hydrogens (tertiary/aromatic N) is 1. The van der Waals surface area contributed by atoms with E-state index in [1.54, 1.807) is 19.6 Å². The van der Waals surface area contributed by atoms with Gasteiger partial charge in [-0.15, -0.1) is 0 Å². The van der Waals surface area contributed by atoms with Crippen LogP contribution >= 0.6 is 0 Å². The van der Waals surface area contributed by atoms with Crippen LogP contribution in [0.3, 0.4) is 0 Å². The highest BCUT2D eigenvalue weighted by Crippen LogP contribution is 2.27. The summed E-state index contributed by atoms with van der Waals surface area (Å²) < 4.78 is 10.7. The van der Waals surface area contributed by atoms with Crippen molar-refractivity contribution in [1.82, 2.24) is 10.3 Å². The van der Waals surface area contributed by atoms with E-state index in [2.05, 4.69) is 10.3 Å². The molecule has 0 aliphatic heterocycles. The van der Waals surface area contributed by atoms with Crippen LogP contribution in [0.25, 0.3) is 11.1 Å². The first kappa shape index (κ1) is 11.3. The van der Waals surface area contributed by atoms with E-state index in [0.717, 1.165) is 23.4 Å². The first-order chi connectivity index (χ1) is 8.86. The molecule has 1 saturated carbocycles. The fraction of sp³-hybridized carbons (Fsp3) is 0.357. The van der Waals surface area contributed by atoms with Crippen molar-refractivity contribution in [3.63, 3.8) is 0 Å². The highest BCUT2D eigenvalue weighted by molar-refractivity contribution is 5.66. The molecule has 0 saturated heterocycles. The Labute approximate surface area is 106 Å². The molecule has 4 heteroatoms. The third-order valence-electron chi connectivity index (χ3n) is 3.13. The second-order valence-electron chi connectivity index (χ2n) is 4.50. The van der Waals surface area contributed by atoms with Crippen LogP contribution in [-0.2, 0) is 6.54 Å². The van der Waals surface area contributed by atoms with Gasteiger partial charge in [0.25, 0.3) is 0 Å². The summed E-state index contributed by atoms with van der Waals surface area (Å²) in [5, 5.41) is 3.46.